The molecule has 5 nitrogen and oxygen atoms in total. The van der Waals surface area contributed by atoms with Crippen LogP contribution >= 0.6 is 23.1 Å². The number of carbonyl (C=O) groups excluding carboxylic acids is 1. The molecule has 26 heavy (non-hydrogen) atoms. The van der Waals surface area contributed by atoms with Crippen LogP contribution in [0.5, 0.6) is 0 Å². The van der Waals surface area contributed by atoms with Crippen molar-refractivity contribution < 1.29 is 9.53 Å². The number of amides is 1. The number of thioether (sulfide) groups is 1. The SMILES string of the molecule is CCSCC(=O)NC[C@H]1[C@H]2CN(Cc3csc(CC)n3)C[C@]23CC[C@H]1O3. The molecule has 1 amide bonds. The number of carbonyl (C=O) groups is 1. The number of fused-ring (bicyclic) bond motifs is 1. The molecule has 3 saturated heterocycles. The maximum Gasteiger partial charge on any atom is 0.230 e. The summed E-state index contributed by atoms with van der Waals surface area (Å²) in [5, 5.41) is 6.58. The molecule has 0 saturated carbocycles. The van der Waals surface area contributed by atoms with Gasteiger partial charge in [-0.05, 0) is 25.0 Å². The zero-order valence-electron chi connectivity index (χ0n) is 15.7. The van der Waals surface area contributed by atoms with Gasteiger partial charge in [-0.15, -0.1) is 11.3 Å². The lowest BCUT2D eigenvalue weighted by molar-refractivity contribution is -0.118. The van der Waals surface area contributed by atoms with Crippen LogP contribution in [0.1, 0.15) is 37.4 Å². The predicted molar refractivity (Wildman–Crippen MR) is 107 cm³/mol. The molecular weight excluding hydrogens is 366 g/mol. The number of hydrogen-bond acceptors (Lipinski definition) is 6. The Morgan fingerprint density at radius 3 is 3.19 bits per heavy atom. The minimum absolute atomic E-state index is 0.0296. The molecule has 0 aliphatic carbocycles. The zero-order valence-corrected chi connectivity index (χ0v) is 17.3. The van der Waals surface area contributed by atoms with Crippen LogP contribution in [-0.4, -0.2) is 58.6 Å². The van der Waals surface area contributed by atoms with Gasteiger partial charge in [0.2, 0.25) is 5.91 Å². The molecule has 3 aliphatic heterocycles. The third kappa shape index (κ3) is 3.55. The highest BCUT2D eigenvalue weighted by atomic mass is 32.2. The Hall–Kier alpha value is -0.630. The van der Waals surface area contributed by atoms with Crippen molar-refractivity contribution >= 4 is 29.0 Å². The highest BCUT2D eigenvalue weighted by molar-refractivity contribution is 7.99. The van der Waals surface area contributed by atoms with Crippen molar-refractivity contribution in [1.29, 1.82) is 0 Å². The molecule has 4 rings (SSSR count). The summed E-state index contributed by atoms with van der Waals surface area (Å²) >= 11 is 3.45. The average molecular weight is 396 g/mol. The number of aromatic nitrogens is 1. The quantitative estimate of drug-likeness (QED) is 0.733. The normalized spacial score (nSPS) is 32.9. The standard InChI is InChI=1S/C19H29N3O2S2/c1-3-18-21-13(10-26-18)8-22-9-15-14(7-20-17(23)11-25-4-2)16-5-6-19(15,12-22)24-16/h10,14-16H,3-9,11-12H2,1-2H3,(H,20,23)/t14-,15+,16+,19+/m0/s1. The summed E-state index contributed by atoms with van der Waals surface area (Å²) in [7, 11) is 0. The number of aryl methyl sites for hydroxylation is 1. The molecule has 7 heteroatoms. The molecule has 4 atom stereocenters. The van der Waals surface area contributed by atoms with Crippen molar-refractivity contribution in [3.05, 3.63) is 16.1 Å². The molecule has 3 fully saturated rings. The molecular formula is C19H29N3O2S2. The van der Waals surface area contributed by atoms with E-state index in [1.165, 1.54) is 17.1 Å². The van der Waals surface area contributed by atoms with Gasteiger partial charge in [0.1, 0.15) is 0 Å². The number of rotatable bonds is 8. The van der Waals surface area contributed by atoms with E-state index in [1.54, 1.807) is 23.1 Å². The second-order valence-corrected chi connectivity index (χ2v) is 9.94. The topological polar surface area (TPSA) is 54.5 Å². The van der Waals surface area contributed by atoms with Crippen molar-refractivity contribution in [2.24, 2.45) is 11.8 Å². The highest BCUT2D eigenvalue weighted by Gasteiger charge is 2.62. The summed E-state index contributed by atoms with van der Waals surface area (Å²) < 4.78 is 6.49. The fraction of sp³-hybridized carbons (Fsp3) is 0.789. The first-order valence-electron chi connectivity index (χ1n) is 9.81. The Balaban J connectivity index is 1.36. The van der Waals surface area contributed by atoms with Gasteiger partial charge in [0, 0.05) is 43.4 Å². The Labute approximate surface area is 164 Å². The Morgan fingerprint density at radius 2 is 2.42 bits per heavy atom. The van der Waals surface area contributed by atoms with Gasteiger partial charge in [0.05, 0.1) is 28.2 Å². The first-order valence-corrected chi connectivity index (χ1v) is 11.8. The molecule has 2 bridgehead atoms. The van der Waals surface area contributed by atoms with Crippen molar-refractivity contribution in [2.45, 2.75) is 51.4 Å². The molecule has 0 aromatic carbocycles. The number of likely N-dealkylation sites (tertiary alicyclic amines) is 1. The molecule has 3 aliphatic rings. The van der Waals surface area contributed by atoms with E-state index in [2.05, 4.69) is 29.4 Å². The van der Waals surface area contributed by atoms with Crippen LogP contribution in [0.15, 0.2) is 5.38 Å². The van der Waals surface area contributed by atoms with Crippen LogP contribution in [0.25, 0.3) is 0 Å². The van der Waals surface area contributed by atoms with E-state index in [-0.39, 0.29) is 11.5 Å². The van der Waals surface area contributed by atoms with Crippen LogP contribution in [0.4, 0.5) is 0 Å². The largest absolute Gasteiger partial charge is 0.370 e. The van der Waals surface area contributed by atoms with E-state index in [4.69, 9.17) is 9.72 Å². The minimum atomic E-state index is 0.0296. The Kier molecular flexibility index (Phi) is 5.60. The lowest BCUT2D eigenvalue weighted by atomic mass is 9.73. The average Bonchev–Trinajstić information content (AvgIpc) is 3.38. The maximum absolute atomic E-state index is 12.0. The molecule has 144 valence electrons. The maximum atomic E-state index is 12.0. The number of nitrogens with one attached hydrogen (secondary N) is 1. The summed E-state index contributed by atoms with van der Waals surface area (Å²) in [5.74, 6) is 2.73. The molecule has 4 heterocycles. The van der Waals surface area contributed by atoms with Gasteiger partial charge in [-0.25, -0.2) is 4.98 Å². The minimum Gasteiger partial charge on any atom is -0.370 e. The fourth-order valence-electron chi connectivity index (χ4n) is 4.97. The van der Waals surface area contributed by atoms with Crippen LogP contribution in [0, 0.1) is 11.8 Å². The number of thiazole rings is 1. The lowest BCUT2D eigenvalue weighted by Crippen LogP contribution is -2.42. The van der Waals surface area contributed by atoms with E-state index in [0.29, 0.717) is 23.7 Å². The summed E-state index contributed by atoms with van der Waals surface area (Å²) in [6.07, 6.45) is 3.67. The first-order chi connectivity index (χ1) is 12.6. The van der Waals surface area contributed by atoms with Crippen molar-refractivity contribution in [3.8, 4) is 0 Å². The molecule has 0 radical (unpaired) electrons. The Bertz CT molecular complexity index is 652. The highest BCUT2D eigenvalue weighted by Crippen LogP contribution is 2.54. The second kappa shape index (κ2) is 7.78. The van der Waals surface area contributed by atoms with E-state index in [1.807, 2.05) is 0 Å². The molecule has 0 unspecified atom stereocenters. The van der Waals surface area contributed by atoms with Gasteiger partial charge in [-0.3, -0.25) is 9.69 Å². The predicted octanol–water partition coefficient (Wildman–Crippen LogP) is 2.55. The van der Waals surface area contributed by atoms with Gasteiger partial charge in [-0.2, -0.15) is 11.8 Å². The molecule has 1 spiro atoms. The zero-order chi connectivity index (χ0) is 18.1. The van der Waals surface area contributed by atoms with Gasteiger partial charge >= 0.3 is 0 Å². The van der Waals surface area contributed by atoms with Crippen LogP contribution < -0.4 is 5.32 Å². The summed E-state index contributed by atoms with van der Waals surface area (Å²) in [6.45, 7) is 8.03. The van der Waals surface area contributed by atoms with Gasteiger partial charge < -0.3 is 10.1 Å². The monoisotopic (exact) mass is 395 g/mol. The smallest absolute Gasteiger partial charge is 0.230 e. The van der Waals surface area contributed by atoms with Crippen molar-refractivity contribution in [2.75, 3.05) is 31.1 Å². The van der Waals surface area contributed by atoms with Gasteiger partial charge in [0.25, 0.3) is 0 Å². The van der Waals surface area contributed by atoms with Crippen LogP contribution in [-0.2, 0) is 22.5 Å². The summed E-state index contributed by atoms with van der Waals surface area (Å²) in [4.78, 5) is 19.2. The number of hydrogen-bond donors (Lipinski definition) is 1. The van der Waals surface area contributed by atoms with Crippen molar-refractivity contribution in [1.82, 2.24) is 15.2 Å². The fourth-order valence-corrected chi connectivity index (χ4v) is 6.20. The van der Waals surface area contributed by atoms with Crippen LogP contribution in [0.3, 0.4) is 0 Å². The third-order valence-electron chi connectivity index (χ3n) is 6.11. The molecule has 1 aromatic rings. The second-order valence-electron chi connectivity index (χ2n) is 7.73. The lowest BCUT2D eigenvalue weighted by Gasteiger charge is -2.29. The van der Waals surface area contributed by atoms with E-state index in [0.717, 1.165) is 44.8 Å². The van der Waals surface area contributed by atoms with Gasteiger partial charge in [-0.1, -0.05) is 13.8 Å². The van der Waals surface area contributed by atoms with E-state index in [9.17, 15) is 4.79 Å². The van der Waals surface area contributed by atoms with E-state index < -0.39 is 0 Å². The van der Waals surface area contributed by atoms with Crippen LogP contribution in [0.2, 0.25) is 0 Å². The molecule has 1 N–H and O–H groups in total. The number of ether oxygens (including phenoxy) is 1. The number of nitrogens with zero attached hydrogens (tertiary/aromatic N) is 2. The van der Waals surface area contributed by atoms with Gasteiger partial charge in [0.15, 0.2) is 0 Å². The molecule has 1 aromatic heterocycles. The van der Waals surface area contributed by atoms with Crippen molar-refractivity contribution in [3.63, 3.8) is 0 Å². The van der Waals surface area contributed by atoms with E-state index >= 15 is 0 Å². The third-order valence-corrected chi connectivity index (χ3v) is 8.03. The summed E-state index contributed by atoms with van der Waals surface area (Å²) in [5.41, 5.74) is 1.22. The summed E-state index contributed by atoms with van der Waals surface area (Å²) in [6, 6.07) is 0. The Morgan fingerprint density at radius 1 is 1.54 bits per heavy atom. The first kappa shape index (κ1) is 18.7.